The van der Waals surface area contributed by atoms with Crippen LogP contribution in [0.25, 0.3) is 0 Å². The largest absolute Gasteiger partial charge is 0.493 e. The zero-order valence-corrected chi connectivity index (χ0v) is 19.7. The quantitative estimate of drug-likeness (QED) is 0.603. The van der Waals surface area contributed by atoms with Gasteiger partial charge in [-0.2, -0.15) is 0 Å². The molecule has 168 valence electrons. The third-order valence-electron chi connectivity index (χ3n) is 5.41. The maximum Gasteiger partial charge on any atom is 0.190 e. The minimum Gasteiger partial charge on any atom is -0.493 e. The van der Waals surface area contributed by atoms with Gasteiger partial charge >= 0.3 is 0 Å². The van der Waals surface area contributed by atoms with E-state index in [-0.39, 0.29) is 24.4 Å². The maximum absolute atomic E-state index is 6.35. The van der Waals surface area contributed by atoms with Gasteiger partial charge in [0.25, 0.3) is 0 Å². The molecular formula is C21H29BrO8. The van der Waals surface area contributed by atoms with Crippen molar-refractivity contribution >= 4 is 15.9 Å². The fourth-order valence-electron chi connectivity index (χ4n) is 4.06. The van der Waals surface area contributed by atoms with E-state index in [1.807, 2.05) is 39.8 Å². The van der Waals surface area contributed by atoms with Gasteiger partial charge in [-0.3, -0.25) is 0 Å². The Balaban J connectivity index is 1.53. The first-order valence-corrected chi connectivity index (χ1v) is 10.8. The Morgan fingerprint density at radius 1 is 0.967 bits per heavy atom. The van der Waals surface area contributed by atoms with Crippen LogP contribution in [0.15, 0.2) is 16.6 Å². The van der Waals surface area contributed by atoms with Crippen molar-refractivity contribution < 1.29 is 37.9 Å². The number of fused-ring (bicyclic) bond motifs is 1. The zero-order chi connectivity index (χ0) is 21.7. The first-order chi connectivity index (χ1) is 14.1. The number of benzene rings is 1. The van der Waals surface area contributed by atoms with Crippen LogP contribution in [0.5, 0.6) is 11.5 Å². The van der Waals surface area contributed by atoms with Gasteiger partial charge in [-0.1, -0.05) is 15.9 Å². The molecular weight excluding hydrogens is 460 g/mol. The summed E-state index contributed by atoms with van der Waals surface area (Å²) in [6.45, 7) is 8.23. The molecule has 0 aromatic heterocycles. The minimum absolute atomic E-state index is 0.278. The molecule has 3 aliphatic heterocycles. The molecule has 9 heteroatoms. The van der Waals surface area contributed by atoms with Gasteiger partial charge in [0.1, 0.15) is 24.4 Å². The first-order valence-electron chi connectivity index (χ1n) is 9.97. The molecule has 0 bridgehead atoms. The molecule has 0 radical (unpaired) electrons. The van der Waals surface area contributed by atoms with Gasteiger partial charge < -0.3 is 37.9 Å². The van der Waals surface area contributed by atoms with Crippen LogP contribution in [0.2, 0.25) is 0 Å². The Bertz CT molecular complexity index is 783. The van der Waals surface area contributed by atoms with Crippen molar-refractivity contribution in [3.8, 4) is 11.5 Å². The van der Waals surface area contributed by atoms with Crippen LogP contribution in [-0.2, 0) is 35.0 Å². The third kappa shape index (κ3) is 4.34. The predicted molar refractivity (Wildman–Crippen MR) is 109 cm³/mol. The molecule has 30 heavy (non-hydrogen) atoms. The van der Waals surface area contributed by atoms with E-state index in [0.717, 1.165) is 10.0 Å². The SMILES string of the molecule is COc1cc(Br)c(CO[C@H]2[C@H]3OC(C)(C)O[C@H]3O[C@@H]2[C@H]2COC(C)(C)O2)cc1OC. The minimum atomic E-state index is -0.738. The van der Waals surface area contributed by atoms with E-state index in [1.165, 1.54) is 0 Å². The topological polar surface area (TPSA) is 73.8 Å². The van der Waals surface area contributed by atoms with Crippen molar-refractivity contribution in [2.75, 3.05) is 20.8 Å². The van der Waals surface area contributed by atoms with Crippen molar-refractivity contribution in [2.45, 2.75) is 76.6 Å². The highest BCUT2D eigenvalue weighted by atomic mass is 79.9. The molecule has 0 N–H and O–H groups in total. The summed E-state index contributed by atoms with van der Waals surface area (Å²) >= 11 is 3.58. The van der Waals surface area contributed by atoms with Crippen molar-refractivity contribution in [3.63, 3.8) is 0 Å². The van der Waals surface area contributed by atoms with Gasteiger partial charge in [0.05, 0.1) is 27.4 Å². The first kappa shape index (κ1) is 22.3. The van der Waals surface area contributed by atoms with Crippen molar-refractivity contribution in [2.24, 2.45) is 0 Å². The lowest BCUT2D eigenvalue weighted by atomic mass is 10.1. The molecule has 0 amide bonds. The highest BCUT2D eigenvalue weighted by Crippen LogP contribution is 2.42. The molecule has 5 atom stereocenters. The van der Waals surface area contributed by atoms with E-state index >= 15 is 0 Å². The molecule has 3 saturated heterocycles. The summed E-state index contributed by atoms with van der Waals surface area (Å²) in [5.41, 5.74) is 0.914. The average Bonchev–Trinajstić information content (AvgIpc) is 3.29. The fourth-order valence-corrected chi connectivity index (χ4v) is 4.50. The lowest BCUT2D eigenvalue weighted by molar-refractivity contribution is -0.236. The molecule has 3 aliphatic rings. The summed E-state index contributed by atoms with van der Waals surface area (Å²) in [6, 6.07) is 3.75. The Hall–Kier alpha value is -0.940. The standard InChI is InChI=1S/C21H29BrO8/c1-20(2)26-10-15(28-20)16-17(18-19(27-16)30-21(3,4)29-18)25-9-11-7-13(23-5)14(24-6)8-12(11)22/h7-8,15-19H,9-10H2,1-6H3/t15-,16-,17-,18-,19-/m1/s1. The van der Waals surface area contributed by atoms with E-state index < -0.39 is 17.9 Å². The summed E-state index contributed by atoms with van der Waals surface area (Å²) in [5, 5.41) is 0. The second-order valence-electron chi connectivity index (χ2n) is 8.51. The van der Waals surface area contributed by atoms with Crippen molar-refractivity contribution in [1.29, 1.82) is 0 Å². The van der Waals surface area contributed by atoms with Crippen LogP contribution in [-0.4, -0.2) is 63.1 Å². The van der Waals surface area contributed by atoms with Crippen LogP contribution < -0.4 is 9.47 Å². The maximum atomic E-state index is 6.35. The highest BCUT2D eigenvalue weighted by molar-refractivity contribution is 9.10. The van der Waals surface area contributed by atoms with Crippen molar-refractivity contribution in [3.05, 3.63) is 22.2 Å². The Morgan fingerprint density at radius 2 is 1.67 bits per heavy atom. The van der Waals surface area contributed by atoms with Gasteiger partial charge in [-0.15, -0.1) is 0 Å². The van der Waals surface area contributed by atoms with Gasteiger partial charge in [-0.05, 0) is 45.4 Å². The zero-order valence-electron chi connectivity index (χ0n) is 18.1. The Kier molecular flexibility index (Phi) is 6.08. The van der Waals surface area contributed by atoms with Gasteiger partial charge in [-0.25, -0.2) is 0 Å². The second kappa shape index (κ2) is 8.20. The monoisotopic (exact) mass is 488 g/mol. The molecule has 3 heterocycles. The van der Waals surface area contributed by atoms with Crippen LogP contribution in [0.4, 0.5) is 0 Å². The molecule has 0 spiro atoms. The van der Waals surface area contributed by atoms with E-state index in [0.29, 0.717) is 24.7 Å². The van der Waals surface area contributed by atoms with Crippen LogP contribution >= 0.6 is 15.9 Å². The summed E-state index contributed by atoms with van der Waals surface area (Å²) < 4.78 is 48.0. The van der Waals surface area contributed by atoms with Crippen molar-refractivity contribution in [1.82, 2.24) is 0 Å². The number of halogens is 1. The highest BCUT2D eigenvalue weighted by Gasteiger charge is 2.58. The molecule has 4 rings (SSSR count). The van der Waals surface area contributed by atoms with Crippen LogP contribution in [0.3, 0.4) is 0 Å². The van der Waals surface area contributed by atoms with Gasteiger partial charge in [0.2, 0.25) is 0 Å². The lowest BCUT2D eigenvalue weighted by Crippen LogP contribution is -2.44. The normalized spacial score (nSPS) is 34.2. The molecule has 0 unspecified atom stereocenters. The predicted octanol–water partition coefficient (Wildman–Crippen LogP) is 3.38. The lowest BCUT2D eigenvalue weighted by Gasteiger charge is -2.29. The average molecular weight is 489 g/mol. The number of ether oxygens (including phenoxy) is 8. The molecule has 8 nitrogen and oxygen atoms in total. The number of hydrogen-bond donors (Lipinski definition) is 0. The molecule has 0 saturated carbocycles. The number of methoxy groups -OCH3 is 2. The van der Waals surface area contributed by atoms with E-state index in [1.54, 1.807) is 14.2 Å². The smallest absolute Gasteiger partial charge is 0.190 e. The molecule has 0 aliphatic carbocycles. The number of rotatable bonds is 6. The van der Waals surface area contributed by atoms with E-state index in [2.05, 4.69) is 15.9 Å². The van der Waals surface area contributed by atoms with Gasteiger partial charge in [0.15, 0.2) is 29.4 Å². The fraction of sp³-hybridized carbons (Fsp3) is 0.714. The summed E-state index contributed by atoms with van der Waals surface area (Å²) in [7, 11) is 3.21. The summed E-state index contributed by atoms with van der Waals surface area (Å²) in [6.07, 6.45) is -1.93. The Morgan fingerprint density at radius 3 is 2.30 bits per heavy atom. The third-order valence-corrected chi connectivity index (χ3v) is 6.15. The van der Waals surface area contributed by atoms with Gasteiger partial charge in [0, 0.05) is 4.47 Å². The Labute approximate surface area is 185 Å². The summed E-state index contributed by atoms with van der Waals surface area (Å²) in [4.78, 5) is 0. The van der Waals surface area contributed by atoms with E-state index in [9.17, 15) is 0 Å². The molecule has 1 aromatic rings. The number of hydrogen-bond acceptors (Lipinski definition) is 8. The molecule has 1 aromatic carbocycles. The molecule has 3 fully saturated rings. The van der Waals surface area contributed by atoms with Crippen LogP contribution in [0, 0.1) is 0 Å². The van der Waals surface area contributed by atoms with E-state index in [4.69, 9.17) is 37.9 Å². The second-order valence-corrected chi connectivity index (χ2v) is 9.36. The summed E-state index contributed by atoms with van der Waals surface area (Å²) in [5.74, 6) is -0.127. The van der Waals surface area contributed by atoms with Crippen LogP contribution in [0.1, 0.15) is 33.3 Å².